The molecule has 0 spiro atoms. The van der Waals surface area contributed by atoms with Crippen LogP contribution in [0.25, 0.3) is 16.9 Å². The highest BCUT2D eigenvalue weighted by molar-refractivity contribution is 9.10. The minimum absolute atomic E-state index is 0.131. The maximum atomic E-state index is 11.5. The van der Waals surface area contributed by atoms with E-state index >= 15 is 0 Å². The number of rotatable bonds is 8. The van der Waals surface area contributed by atoms with E-state index < -0.39 is 0 Å². The lowest BCUT2D eigenvalue weighted by Gasteiger charge is -2.12. The lowest BCUT2D eigenvalue weighted by Crippen LogP contribution is -2.07. The Kier molecular flexibility index (Phi) is 12.2. The van der Waals surface area contributed by atoms with Crippen LogP contribution in [0.5, 0.6) is 0 Å². The van der Waals surface area contributed by atoms with Gasteiger partial charge in [-0.2, -0.15) is 9.61 Å². The Hall–Kier alpha value is -4.55. The van der Waals surface area contributed by atoms with Crippen LogP contribution >= 0.6 is 15.9 Å². The number of nitrogens with one attached hydrogen (secondary N) is 1. The van der Waals surface area contributed by atoms with Gasteiger partial charge >= 0.3 is 0 Å². The van der Waals surface area contributed by atoms with Gasteiger partial charge in [0.2, 0.25) is 0 Å². The summed E-state index contributed by atoms with van der Waals surface area (Å²) in [6.45, 7) is 10.6. The van der Waals surface area contributed by atoms with Crippen LogP contribution in [-0.4, -0.2) is 20.4 Å². The zero-order chi connectivity index (χ0) is 32.2. The van der Waals surface area contributed by atoms with Crippen molar-refractivity contribution in [3.05, 3.63) is 153 Å². The Balaban J connectivity index is 0.000000219. The number of aryl methyl sites for hydroxylation is 2. The van der Waals surface area contributed by atoms with Crippen molar-refractivity contribution in [2.45, 2.75) is 54.0 Å². The summed E-state index contributed by atoms with van der Waals surface area (Å²) in [6.07, 6.45) is 3.64. The van der Waals surface area contributed by atoms with Gasteiger partial charge in [0.05, 0.1) is 16.4 Å². The first-order valence-electron chi connectivity index (χ1n) is 15.5. The number of halogens is 1. The van der Waals surface area contributed by atoms with Crippen LogP contribution in [0, 0.1) is 6.92 Å². The van der Waals surface area contributed by atoms with E-state index in [4.69, 9.17) is 4.98 Å². The first kappa shape index (κ1) is 33.3. The first-order valence-corrected chi connectivity index (χ1v) is 16.3. The van der Waals surface area contributed by atoms with E-state index in [1.54, 1.807) is 13.1 Å². The molecule has 1 N–H and O–H groups in total. The predicted molar refractivity (Wildman–Crippen MR) is 191 cm³/mol. The van der Waals surface area contributed by atoms with Crippen molar-refractivity contribution < 1.29 is 4.79 Å². The Bertz CT molecular complexity index is 1850. The first-order chi connectivity index (χ1) is 21.9. The number of fused-ring (bicyclic) bond motifs is 1. The number of hydrogen-bond donors (Lipinski definition) is 1. The largest absolute Gasteiger partial charge is 0.366 e. The third-order valence-electron chi connectivity index (χ3n) is 7.36. The van der Waals surface area contributed by atoms with E-state index in [0.717, 1.165) is 57.7 Å². The van der Waals surface area contributed by atoms with Gasteiger partial charge in [0.25, 0.3) is 0 Å². The molecule has 230 valence electrons. The third-order valence-corrected chi connectivity index (χ3v) is 7.92. The number of aromatic nitrogens is 3. The molecule has 0 fully saturated rings. The van der Waals surface area contributed by atoms with Crippen molar-refractivity contribution in [2.24, 2.45) is 0 Å². The Morgan fingerprint density at radius 3 is 2.22 bits per heavy atom. The third kappa shape index (κ3) is 8.77. The van der Waals surface area contributed by atoms with E-state index in [9.17, 15) is 4.79 Å². The lowest BCUT2D eigenvalue weighted by atomic mass is 9.98. The van der Waals surface area contributed by atoms with Gasteiger partial charge < -0.3 is 5.32 Å². The molecule has 0 saturated heterocycles. The van der Waals surface area contributed by atoms with Gasteiger partial charge in [0.15, 0.2) is 11.4 Å². The smallest absolute Gasteiger partial charge is 0.172 e. The SMILES string of the molecule is CC.CC(=O)c1ccccc1Cc1ccccc1.CCc1cccc(CNc2cc(-c3ccccc3C)nc3c(Br)cnn23)c1. The number of hydrogen-bond acceptors (Lipinski definition) is 4. The number of nitrogens with zero attached hydrogens (tertiary/aromatic N) is 3. The van der Waals surface area contributed by atoms with Crippen molar-refractivity contribution in [1.82, 2.24) is 14.6 Å². The second-order valence-corrected chi connectivity index (χ2v) is 11.3. The fourth-order valence-electron chi connectivity index (χ4n) is 5.05. The van der Waals surface area contributed by atoms with Crippen LogP contribution in [0.2, 0.25) is 0 Å². The van der Waals surface area contributed by atoms with Crippen LogP contribution < -0.4 is 5.32 Å². The molecular weight excluding hydrogens is 620 g/mol. The summed E-state index contributed by atoms with van der Waals surface area (Å²) in [7, 11) is 0. The predicted octanol–water partition coefficient (Wildman–Crippen LogP) is 10.1. The number of benzene rings is 4. The van der Waals surface area contributed by atoms with Crippen molar-refractivity contribution >= 4 is 33.2 Å². The molecule has 0 unspecified atom stereocenters. The fourth-order valence-corrected chi connectivity index (χ4v) is 5.39. The normalized spacial score (nSPS) is 10.4. The molecule has 0 aliphatic heterocycles. The maximum absolute atomic E-state index is 11.5. The van der Waals surface area contributed by atoms with E-state index in [-0.39, 0.29) is 5.78 Å². The van der Waals surface area contributed by atoms with Gasteiger partial charge in [-0.1, -0.05) is 124 Å². The average molecular weight is 662 g/mol. The topological polar surface area (TPSA) is 59.3 Å². The molecule has 2 aromatic heterocycles. The summed E-state index contributed by atoms with van der Waals surface area (Å²) in [6, 6.07) is 37.0. The van der Waals surface area contributed by atoms with Crippen molar-refractivity contribution in [3.8, 4) is 11.3 Å². The molecule has 0 atom stereocenters. The molecule has 45 heavy (non-hydrogen) atoms. The van der Waals surface area contributed by atoms with Gasteiger partial charge in [0, 0.05) is 23.7 Å². The van der Waals surface area contributed by atoms with Gasteiger partial charge in [-0.15, -0.1) is 0 Å². The molecule has 4 aromatic carbocycles. The molecule has 2 heterocycles. The molecule has 0 aliphatic rings. The molecule has 0 bridgehead atoms. The molecule has 5 nitrogen and oxygen atoms in total. The van der Waals surface area contributed by atoms with E-state index in [2.05, 4.69) is 94.8 Å². The number of anilines is 1. The van der Waals surface area contributed by atoms with Crippen LogP contribution in [-0.2, 0) is 19.4 Å². The highest BCUT2D eigenvalue weighted by atomic mass is 79.9. The highest BCUT2D eigenvalue weighted by Gasteiger charge is 2.13. The van der Waals surface area contributed by atoms with Gasteiger partial charge in [-0.25, -0.2) is 4.98 Å². The van der Waals surface area contributed by atoms with Crippen LogP contribution in [0.1, 0.15) is 65.9 Å². The fraction of sp³-hybridized carbons (Fsp3) is 0.205. The minimum Gasteiger partial charge on any atom is -0.366 e. The molecule has 0 aliphatic carbocycles. The summed E-state index contributed by atoms with van der Waals surface area (Å²) in [5, 5.41) is 8.00. The Morgan fingerprint density at radius 2 is 1.49 bits per heavy atom. The Morgan fingerprint density at radius 1 is 0.822 bits per heavy atom. The molecule has 6 aromatic rings. The summed E-state index contributed by atoms with van der Waals surface area (Å²) >= 11 is 3.57. The summed E-state index contributed by atoms with van der Waals surface area (Å²) in [5.41, 5.74) is 9.83. The van der Waals surface area contributed by atoms with E-state index in [0.29, 0.717) is 0 Å². The summed E-state index contributed by atoms with van der Waals surface area (Å²) in [5.74, 6) is 1.05. The quantitative estimate of drug-likeness (QED) is 0.165. The zero-order valence-electron chi connectivity index (χ0n) is 26.7. The number of ketones is 1. The van der Waals surface area contributed by atoms with Gasteiger partial charge in [0.1, 0.15) is 5.82 Å². The van der Waals surface area contributed by atoms with Crippen molar-refractivity contribution in [1.29, 1.82) is 0 Å². The second-order valence-electron chi connectivity index (χ2n) is 10.5. The molecule has 0 radical (unpaired) electrons. The van der Waals surface area contributed by atoms with Crippen LogP contribution in [0.15, 0.2) is 120 Å². The average Bonchev–Trinajstić information content (AvgIpc) is 3.46. The summed E-state index contributed by atoms with van der Waals surface area (Å²) < 4.78 is 2.73. The molecule has 6 heteroatoms. The van der Waals surface area contributed by atoms with Gasteiger partial charge in [-0.05, 0) is 70.4 Å². The highest BCUT2D eigenvalue weighted by Crippen LogP contribution is 2.28. The maximum Gasteiger partial charge on any atom is 0.172 e. The molecular formula is C39H41BrN4O. The standard InChI is InChI=1S/C22H21BrN4.C15H14O.C2H6/c1-3-16-8-6-9-17(11-16)13-24-21-12-20(18-10-5-4-7-15(18)2)26-22-19(23)14-25-27(21)22;1-12(16)15-10-6-5-9-14(15)11-13-7-3-2-4-8-13;1-2/h4-12,14,24H,3,13H2,1-2H3;2-10H,11H2,1H3;1-2H3. The lowest BCUT2D eigenvalue weighted by molar-refractivity contribution is 0.101. The monoisotopic (exact) mass is 660 g/mol. The molecule has 0 amide bonds. The van der Waals surface area contributed by atoms with Crippen molar-refractivity contribution in [2.75, 3.05) is 5.32 Å². The number of Topliss-reactive ketones (excluding diaryl/α,β-unsaturated/α-hetero) is 1. The Labute approximate surface area is 275 Å². The van der Waals surface area contributed by atoms with E-state index in [1.807, 2.05) is 73.0 Å². The van der Waals surface area contributed by atoms with Crippen LogP contribution in [0.3, 0.4) is 0 Å². The van der Waals surface area contributed by atoms with Crippen molar-refractivity contribution in [3.63, 3.8) is 0 Å². The summed E-state index contributed by atoms with van der Waals surface area (Å²) in [4.78, 5) is 16.3. The van der Waals surface area contributed by atoms with Crippen LogP contribution in [0.4, 0.5) is 5.82 Å². The molecule has 0 saturated carbocycles. The minimum atomic E-state index is 0.131. The number of carbonyl (C=O) groups excluding carboxylic acids is 1. The second kappa shape index (κ2) is 16.5. The number of carbonyl (C=O) groups is 1. The van der Waals surface area contributed by atoms with E-state index in [1.165, 1.54) is 22.3 Å². The zero-order valence-corrected chi connectivity index (χ0v) is 28.3. The molecule has 6 rings (SSSR count). The van der Waals surface area contributed by atoms with Gasteiger partial charge in [-0.3, -0.25) is 4.79 Å².